The minimum absolute atomic E-state index is 0.0834. The summed E-state index contributed by atoms with van der Waals surface area (Å²) in [5, 5.41) is 0. The largest absolute Gasteiger partial charge is 0.243 e. The van der Waals surface area contributed by atoms with Gasteiger partial charge in [0.05, 0.1) is 4.90 Å². The highest BCUT2D eigenvalue weighted by atomic mass is 127. The van der Waals surface area contributed by atoms with E-state index in [2.05, 4.69) is 29.5 Å². The quantitative estimate of drug-likeness (QED) is 0.530. The molecule has 21 heavy (non-hydrogen) atoms. The van der Waals surface area contributed by atoms with Crippen LogP contribution in [-0.4, -0.2) is 28.7 Å². The Morgan fingerprint density at radius 1 is 1.29 bits per heavy atom. The Morgan fingerprint density at radius 2 is 1.90 bits per heavy atom. The zero-order valence-electron chi connectivity index (χ0n) is 12.9. The van der Waals surface area contributed by atoms with Gasteiger partial charge in [0.2, 0.25) is 10.0 Å². The normalized spacial score (nSPS) is 27.1. The molecule has 0 amide bonds. The molecule has 5 heteroatoms. The van der Waals surface area contributed by atoms with Gasteiger partial charge in [-0.3, -0.25) is 0 Å². The van der Waals surface area contributed by atoms with Crippen molar-refractivity contribution in [1.82, 2.24) is 4.31 Å². The van der Waals surface area contributed by atoms with Crippen molar-refractivity contribution in [3.63, 3.8) is 0 Å². The first-order valence-corrected chi connectivity index (χ1v) is 10.3. The molecule has 0 aromatic heterocycles. The van der Waals surface area contributed by atoms with E-state index in [9.17, 15) is 8.42 Å². The van der Waals surface area contributed by atoms with Gasteiger partial charge in [-0.25, -0.2) is 8.42 Å². The van der Waals surface area contributed by atoms with E-state index in [-0.39, 0.29) is 12.1 Å². The van der Waals surface area contributed by atoms with Gasteiger partial charge in [0.15, 0.2) is 0 Å². The number of rotatable bonds is 5. The molecule has 2 rings (SSSR count). The topological polar surface area (TPSA) is 37.4 Å². The first-order chi connectivity index (χ1) is 9.87. The molecule has 1 aromatic rings. The third kappa shape index (κ3) is 3.62. The molecule has 118 valence electrons. The Balaban J connectivity index is 2.33. The van der Waals surface area contributed by atoms with Gasteiger partial charge in [0, 0.05) is 16.0 Å². The van der Waals surface area contributed by atoms with E-state index >= 15 is 0 Å². The molecule has 1 aliphatic heterocycles. The van der Waals surface area contributed by atoms with Gasteiger partial charge in [-0.15, -0.1) is 0 Å². The van der Waals surface area contributed by atoms with Gasteiger partial charge in [-0.1, -0.05) is 60.1 Å². The average molecular weight is 421 g/mol. The molecule has 3 nitrogen and oxygen atoms in total. The zero-order chi connectivity index (χ0) is 15.6. The second-order valence-corrected chi connectivity index (χ2v) is 9.40. The lowest BCUT2D eigenvalue weighted by atomic mass is 10.1. The Kier molecular flexibility index (Phi) is 5.71. The highest BCUT2D eigenvalue weighted by Crippen LogP contribution is 2.37. The van der Waals surface area contributed by atoms with Crippen LogP contribution in [0.2, 0.25) is 0 Å². The summed E-state index contributed by atoms with van der Waals surface area (Å²) in [6, 6.07) is 7.42. The molecule has 0 aliphatic carbocycles. The van der Waals surface area contributed by atoms with Gasteiger partial charge in [0.1, 0.15) is 0 Å². The van der Waals surface area contributed by atoms with E-state index in [0.717, 1.165) is 31.2 Å². The minimum atomic E-state index is -3.39. The van der Waals surface area contributed by atoms with E-state index < -0.39 is 10.0 Å². The molecular formula is C16H24INO2S. The van der Waals surface area contributed by atoms with Crippen molar-refractivity contribution < 1.29 is 8.42 Å². The zero-order valence-corrected chi connectivity index (χ0v) is 15.9. The van der Waals surface area contributed by atoms with Crippen molar-refractivity contribution in [3.8, 4) is 0 Å². The van der Waals surface area contributed by atoms with Crippen LogP contribution in [-0.2, 0) is 10.0 Å². The molecule has 0 saturated carbocycles. The van der Waals surface area contributed by atoms with Crippen LogP contribution in [0.5, 0.6) is 0 Å². The van der Waals surface area contributed by atoms with E-state index in [1.165, 1.54) is 0 Å². The van der Waals surface area contributed by atoms with Crippen LogP contribution in [0.1, 0.15) is 45.1 Å². The third-order valence-corrected chi connectivity index (χ3v) is 7.59. The second kappa shape index (κ2) is 6.96. The van der Waals surface area contributed by atoms with E-state index in [1.54, 1.807) is 16.4 Å². The van der Waals surface area contributed by atoms with Crippen LogP contribution in [0.4, 0.5) is 0 Å². The fraction of sp³-hybridized carbons (Fsp3) is 0.625. The number of alkyl halides is 1. The summed E-state index contributed by atoms with van der Waals surface area (Å²) in [6.07, 6.45) is 4.09. The summed E-state index contributed by atoms with van der Waals surface area (Å²) in [7, 11) is -3.39. The summed E-state index contributed by atoms with van der Waals surface area (Å²) >= 11 is 2.42. The first kappa shape index (κ1) is 17.2. The van der Waals surface area contributed by atoms with Crippen molar-refractivity contribution in [1.29, 1.82) is 0 Å². The molecule has 1 heterocycles. The SMILES string of the molecule is CCCC[C@H]1[C@H](I)C[C@@H](C)N1S(=O)(=O)c1ccc(C)cc1. The van der Waals surface area contributed by atoms with Gasteiger partial charge >= 0.3 is 0 Å². The minimum Gasteiger partial charge on any atom is -0.207 e. The number of nitrogens with zero attached hydrogens (tertiary/aromatic N) is 1. The number of benzene rings is 1. The standard InChI is InChI=1S/C16H24INO2S/c1-4-5-6-16-15(17)11-13(3)18(16)21(19,20)14-9-7-12(2)8-10-14/h7-10,13,15-16H,4-6,11H2,1-3H3/t13-,15-,16+/m1/s1. The van der Waals surface area contributed by atoms with Gasteiger partial charge in [-0.2, -0.15) is 4.31 Å². The lowest BCUT2D eigenvalue weighted by Gasteiger charge is -2.28. The van der Waals surface area contributed by atoms with Crippen LogP contribution in [0, 0.1) is 6.92 Å². The summed E-state index contributed by atoms with van der Waals surface area (Å²) in [5.41, 5.74) is 1.08. The van der Waals surface area contributed by atoms with Crippen LogP contribution < -0.4 is 0 Å². The average Bonchev–Trinajstić information content (AvgIpc) is 2.71. The Hall–Kier alpha value is -0.140. The molecule has 0 unspecified atom stereocenters. The van der Waals surface area contributed by atoms with Crippen molar-refractivity contribution in [2.75, 3.05) is 0 Å². The number of hydrogen-bond acceptors (Lipinski definition) is 2. The molecule has 1 saturated heterocycles. The first-order valence-electron chi connectivity index (χ1n) is 7.62. The molecule has 3 atom stereocenters. The highest BCUT2D eigenvalue weighted by molar-refractivity contribution is 14.1. The summed E-state index contributed by atoms with van der Waals surface area (Å²) in [5.74, 6) is 0. The van der Waals surface area contributed by atoms with Crippen molar-refractivity contribution in [2.45, 2.75) is 67.4 Å². The molecular weight excluding hydrogens is 397 g/mol. The van der Waals surface area contributed by atoms with Gasteiger partial charge in [-0.05, 0) is 38.8 Å². The summed E-state index contributed by atoms with van der Waals surface area (Å²) < 4.78 is 28.2. The summed E-state index contributed by atoms with van der Waals surface area (Å²) in [6.45, 7) is 6.16. The number of hydrogen-bond donors (Lipinski definition) is 0. The smallest absolute Gasteiger partial charge is 0.207 e. The second-order valence-electron chi connectivity index (χ2n) is 5.96. The van der Waals surface area contributed by atoms with E-state index in [1.807, 2.05) is 26.0 Å². The Labute approximate surface area is 142 Å². The van der Waals surface area contributed by atoms with Gasteiger partial charge in [0.25, 0.3) is 0 Å². The van der Waals surface area contributed by atoms with Crippen LogP contribution >= 0.6 is 22.6 Å². The Bertz CT molecular complexity index is 570. The molecule has 1 fully saturated rings. The highest BCUT2D eigenvalue weighted by Gasteiger charge is 2.44. The van der Waals surface area contributed by atoms with Crippen LogP contribution in [0.3, 0.4) is 0 Å². The number of sulfonamides is 1. The molecule has 0 spiro atoms. The predicted molar refractivity (Wildman–Crippen MR) is 95.4 cm³/mol. The fourth-order valence-electron chi connectivity index (χ4n) is 3.04. The Morgan fingerprint density at radius 3 is 2.48 bits per heavy atom. The number of aryl methyl sites for hydroxylation is 1. The maximum atomic E-state index is 13.0. The van der Waals surface area contributed by atoms with E-state index in [0.29, 0.717) is 8.82 Å². The fourth-order valence-corrected chi connectivity index (χ4v) is 6.59. The van der Waals surface area contributed by atoms with Gasteiger partial charge < -0.3 is 0 Å². The molecule has 1 aromatic carbocycles. The molecule has 1 aliphatic rings. The molecule has 0 N–H and O–H groups in total. The third-order valence-electron chi connectivity index (χ3n) is 4.19. The van der Waals surface area contributed by atoms with Crippen LogP contribution in [0.25, 0.3) is 0 Å². The maximum Gasteiger partial charge on any atom is 0.243 e. The summed E-state index contributed by atoms with van der Waals surface area (Å²) in [4.78, 5) is 0.423. The van der Waals surface area contributed by atoms with E-state index in [4.69, 9.17) is 0 Å². The monoisotopic (exact) mass is 421 g/mol. The lowest BCUT2D eigenvalue weighted by Crippen LogP contribution is -2.41. The lowest BCUT2D eigenvalue weighted by molar-refractivity contribution is 0.320. The number of unbranched alkanes of at least 4 members (excludes halogenated alkanes) is 1. The molecule has 0 bridgehead atoms. The number of halogens is 1. The van der Waals surface area contributed by atoms with Crippen molar-refractivity contribution in [2.24, 2.45) is 0 Å². The van der Waals surface area contributed by atoms with Crippen molar-refractivity contribution >= 4 is 32.6 Å². The maximum absolute atomic E-state index is 13.0. The van der Waals surface area contributed by atoms with Crippen molar-refractivity contribution in [3.05, 3.63) is 29.8 Å². The van der Waals surface area contributed by atoms with Crippen LogP contribution in [0.15, 0.2) is 29.2 Å². The predicted octanol–water partition coefficient (Wildman–Crippen LogP) is 4.14. The molecule has 0 radical (unpaired) electrons.